The van der Waals surface area contributed by atoms with Crippen LogP contribution in [0.5, 0.6) is 11.5 Å². The molecule has 0 aliphatic carbocycles. The zero-order valence-electron chi connectivity index (χ0n) is 16.7. The van der Waals surface area contributed by atoms with Crippen molar-refractivity contribution in [1.29, 1.82) is 0 Å². The number of rotatable bonds is 9. The van der Waals surface area contributed by atoms with Gasteiger partial charge in [-0.2, -0.15) is 0 Å². The number of esters is 1. The highest BCUT2D eigenvalue weighted by atomic mass is 32.2. The van der Waals surface area contributed by atoms with Crippen molar-refractivity contribution in [2.24, 2.45) is 0 Å². The number of carbonyl (C=O) groups is 2. The summed E-state index contributed by atoms with van der Waals surface area (Å²) in [6.45, 7) is 4.14. The highest BCUT2D eigenvalue weighted by Crippen LogP contribution is 2.25. The molecular formula is C22H22N2O4S2. The maximum atomic E-state index is 12.2. The number of ether oxygens (including phenoxy) is 2. The van der Waals surface area contributed by atoms with Gasteiger partial charge in [0.05, 0.1) is 24.5 Å². The Balaban J connectivity index is 1.45. The summed E-state index contributed by atoms with van der Waals surface area (Å²) in [5.74, 6) is 1.26. The van der Waals surface area contributed by atoms with E-state index >= 15 is 0 Å². The zero-order valence-corrected chi connectivity index (χ0v) is 18.3. The molecule has 0 fully saturated rings. The summed E-state index contributed by atoms with van der Waals surface area (Å²) in [6, 6.07) is 15.0. The van der Waals surface area contributed by atoms with E-state index in [0.29, 0.717) is 23.7 Å². The second-order valence-corrected chi connectivity index (χ2v) is 8.44. The summed E-state index contributed by atoms with van der Waals surface area (Å²) in [6.07, 6.45) is 0.147. The van der Waals surface area contributed by atoms with Gasteiger partial charge in [0.2, 0.25) is 5.91 Å². The van der Waals surface area contributed by atoms with Crippen molar-refractivity contribution in [2.75, 3.05) is 17.7 Å². The second kappa shape index (κ2) is 10.8. The molecule has 0 aliphatic rings. The summed E-state index contributed by atoms with van der Waals surface area (Å²) in [7, 11) is 0. The highest BCUT2D eigenvalue weighted by Gasteiger charge is 2.10. The lowest BCUT2D eigenvalue weighted by Crippen LogP contribution is -2.13. The van der Waals surface area contributed by atoms with Crippen molar-refractivity contribution in [2.45, 2.75) is 24.6 Å². The largest absolute Gasteiger partial charge is 0.466 e. The van der Waals surface area contributed by atoms with Gasteiger partial charge in [0, 0.05) is 11.1 Å². The van der Waals surface area contributed by atoms with Crippen LogP contribution in [0.2, 0.25) is 0 Å². The number of hydrogen-bond acceptors (Lipinski definition) is 7. The van der Waals surface area contributed by atoms with E-state index in [0.717, 1.165) is 10.1 Å². The predicted molar refractivity (Wildman–Crippen MR) is 119 cm³/mol. The SMILES string of the molecule is CCOC(=O)Cc1csc(SCC(=O)Nc2ccc(Oc3ccc(C)cc3)cc2)n1. The van der Waals surface area contributed by atoms with Crippen molar-refractivity contribution in [3.63, 3.8) is 0 Å². The average molecular weight is 443 g/mol. The molecule has 8 heteroatoms. The van der Waals surface area contributed by atoms with E-state index in [1.165, 1.54) is 28.7 Å². The van der Waals surface area contributed by atoms with Gasteiger partial charge in [0.25, 0.3) is 0 Å². The first-order valence-corrected chi connectivity index (χ1v) is 11.3. The molecule has 0 bridgehead atoms. The Hall–Kier alpha value is -2.84. The van der Waals surface area contributed by atoms with Crippen LogP contribution in [0.25, 0.3) is 0 Å². The van der Waals surface area contributed by atoms with Gasteiger partial charge < -0.3 is 14.8 Å². The number of aryl methyl sites for hydroxylation is 1. The lowest BCUT2D eigenvalue weighted by atomic mass is 10.2. The molecule has 0 unspecified atom stereocenters. The molecule has 1 aromatic heterocycles. The van der Waals surface area contributed by atoms with Gasteiger partial charge >= 0.3 is 5.97 Å². The maximum absolute atomic E-state index is 12.2. The molecule has 1 N–H and O–H groups in total. The fourth-order valence-corrected chi connectivity index (χ4v) is 4.11. The quantitative estimate of drug-likeness (QED) is 0.368. The third-order valence-corrected chi connectivity index (χ3v) is 5.95. The van der Waals surface area contributed by atoms with Crippen LogP contribution in [0.1, 0.15) is 18.2 Å². The first kappa shape index (κ1) is 21.9. The van der Waals surface area contributed by atoms with E-state index in [9.17, 15) is 9.59 Å². The number of anilines is 1. The van der Waals surface area contributed by atoms with Crippen molar-refractivity contribution < 1.29 is 19.1 Å². The standard InChI is InChI=1S/C22H22N2O4S2/c1-3-27-21(26)12-17-13-29-22(24-17)30-14-20(25)23-16-6-10-19(11-7-16)28-18-8-4-15(2)5-9-18/h4-11,13H,3,12,14H2,1-2H3,(H,23,25). The number of nitrogens with one attached hydrogen (secondary N) is 1. The molecule has 0 saturated heterocycles. The number of benzene rings is 2. The number of hydrogen-bond donors (Lipinski definition) is 1. The fraction of sp³-hybridized carbons (Fsp3) is 0.227. The Labute approximate surface area is 183 Å². The van der Waals surface area contributed by atoms with E-state index in [1.807, 2.05) is 48.7 Å². The molecule has 3 rings (SSSR count). The van der Waals surface area contributed by atoms with Gasteiger partial charge in [0.15, 0.2) is 4.34 Å². The van der Waals surface area contributed by atoms with Gasteiger partial charge in [0.1, 0.15) is 11.5 Å². The van der Waals surface area contributed by atoms with E-state index in [-0.39, 0.29) is 24.1 Å². The van der Waals surface area contributed by atoms with E-state index in [4.69, 9.17) is 9.47 Å². The Morgan fingerprint density at radius 3 is 2.40 bits per heavy atom. The van der Waals surface area contributed by atoms with Gasteiger partial charge in [-0.1, -0.05) is 29.5 Å². The molecular weight excluding hydrogens is 420 g/mol. The number of thioether (sulfide) groups is 1. The highest BCUT2D eigenvalue weighted by molar-refractivity contribution is 8.01. The van der Waals surface area contributed by atoms with Crippen molar-refractivity contribution in [1.82, 2.24) is 4.98 Å². The van der Waals surface area contributed by atoms with Gasteiger partial charge in [-0.15, -0.1) is 11.3 Å². The fourth-order valence-electron chi connectivity index (χ4n) is 2.47. The summed E-state index contributed by atoms with van der Waals surface area (Å²) in [5, 5.41) is 4.66. The minimum absolute atomic E-state index is 0.130. The van der Waals surface area contributed by atoms with Crippen LogP contribution in [-0.2, 0) is 20.7 Å². The molecule has 0 saturated carbocycles. The summed E-state index contributed by atoms with van der Waals surface area (Å²) >= 11 is 2.74. The Morgan fingerprint density at radius 1 is 1.07 bits per heavy atom. The van der Waals surface area contributed by atoms with E-state index < -0.39 is 0 Å². The number of aromatic nitrogens is 1. The van der Waals surface area contributed by atoms with Crippen LogP contribution < -0.4 is 10.1 Å². The van der Waals surface area contributed by atoms with Crippen molar-refractivity contribution in [3.8, 4) is 11.5 Å². The van der Waals surface area contributed by atoms with Crippen molar-refractivity contribution >= 4 is 40.7 Å². The molecule has 1 heterocycles. The Bertz CT molecular complexity index is 985. The molecule has 3 aromatic rings. The number of thiazole rings is 1. The zero-order chi connectivity index (χ0) is 21.3. The summed E-state index contributed by atoms with van der Waals surface area (Å²) in [4.78, 5) is 28.0. The second-order valence-electron chi connectivity index (χ2n) is 6.36. The minimum Gasteiger partial charge on any atom is -0.466 e. The van der Waals surface area contributed by atoms with Crippen LogP contribution in [0, 0.1) is 6.92 Å². The first-order valence-electron chi connectivity index (χ1n) is 9.39. The molecule has 156 valence electrons. The lowest BCUT2D eigenvalue weighted by molar-refractivity contribution is -0.142. The van der Waals surface area contributed by atoms with Crippen LogP contribution in [0.3, 0.4) is 0 Å². The van der Waals surface area contributed by atoms with E-state index in [1.54, 1.807) is 19.1 Å². The van der Waals surface area contributed by atoms with Gasteiger partial charge in [-0.3, -0.25) is 9.59 Å². The summed E-state index contributed by atoms with van der Waals surface area (Å²) in [5.41, 5.74) is 2.52. The minimum atomic E-state index is -0.299. The van der Waals surface area contributed by atoms with Gasteiger partial charge in [-0.05, 0) is 50.2 Å². The normalized spacial score (nSPS) is 10.5. The number of carbonyl (C=O) groups excluding carboxylic acids is 2. The van der Waals surface area contributed by atoms with Crippen LogP contribution >= 0.6 is 23.1 Å². The number of nitrogens with zero attached hydrogens (tertiary/aromatic N) is 1. The van der Waals surface area contributed by atoms with Crippen LogP contribution in [0.4, 0.5) is 5.69 Å². The molecule has 2 aromatic carbocycles. The third kappa shape index (κ3) is 6.89. The third-order valence-electron chi connectivity index (χ3n) is 3.88. The van der Waals surface area contributed by atoms with Gasteiger partial charge in [-0.25, -0.2) is 4.98 Å². The van der Waals surface area contributed by atoms with Crippen LogP contribution in [0.15, 0.2) is 58.3 Å². The predicted octanol–water partition coefficient (Wildman–Crippen LogP) is 5.08. The molecule has 0 spiro atoms. The topological polar surface area (TPSA) is 77.5 Å². The van der Waals surface area contributed by atoms with E-state index in [2.05, 4.69) is 10.3 Å². The Morgan fingerprint density at radius 2 is 1.73 bits per heavy atom. The molecule has 0 atom stereocenters. The monoisotopic (exact) mass is 442 g/mol. The molecule has 0 aliphatic heterocycles. The maximum Gasteiger partial charge on any atom is 0.311 e. The lowest BCUT2D eigenvalue weighted by Gasteiger charge is -2.08. The molecule has 6 nitrogen and oxygen atoms in total. The van der Waals surface area contributed by atoms with Crippen LogP contribution in [-0.4, -0.2) is 29.2 Å². The van der Waals surface area contributed by atoms with Crippen molar-refractivity contribution in [3.05, 3.63) is 65.2 Å². The molecule has 0 radical (unpaired) electrons. The Kier molecular flexibility index (Phi) is 7.87. The smallest absolute Gasteiger partial charge is 0.311 e. The molecule has 30 heavy (non-hydrogen) atoms. The summed E-state index contributed by atoms with van der Waals surface area (Å²) < 4.78 is 11.4. The average Bonchev–Trinajstić information content (AvgIpc) is 3.17. The first-order chi connectivity index (χ1) is 14.5. The molecule has 1 amide bonds. The number of amides is 1.